The van der Waals surface area contributed by atoms with Crippen molar-refractivity contribution in [3.8, 4) is 0 Å². The SMILES string of the molecule is CC(=O)NC(C(=O)NC(C)c1ccc2ccccc2c1)C(C)C. The van der Waals surface area contributed by atoms with E-state index in [2.05, 4.69) is 34.9 Å². The lowest BCUT2D eigenvalue weighted by Gasteiger charge is -2.23. The molecule has 0 aromatic heterocycles. The highest BCUT2D eigenvalue weighted by Crippen LogP contribution is 2.20. The van der Waals surface area contributed by atoms with E-state index >= 15 is 0 Å². The van der Waals surface area contributed by atoms with Gasteiger partial charge in [0, 0.05) is 6.92 Å². The summed E-state index contributed by atoms with van der Waals surface area (Å²) >= 11 is 0. The van der Waals surface area contributed by atoms with E-state index in [0.29, 0.717) is 0 Å². The lowest BCUT2D eigenvalue weighted by atomic mass is 10.0. The van der Waals surface area contributed by atoms with E-state index in [9.17, 15) is 9.59 Å². The number of hydrogen-bond donors (Lipinski definition) is 2. The molecule has 0 aliphatic carbocycles. The average molecular weight is 312 g/mol. The monoisotopic (exact) mass is 312 g/mol. The maximum atomic E-state index is 12.4. The molecule has 0 aliphatic heterocycles. The average Bonchev–Trinajstić information content (AvgIpc) is 2.51. The molecule has 0 fully saturated rings. The van der Waals surface area contributed by atoms with Crippen LogP contribution in [0.15, 0.2) is 42.5 Å². The summed E-state index contributed by atoms with van der Waals surface area (Å²) in [6.07, 6.45) is 0. The highest BCUT2D eigenvalue weighted by Gasteiger charge is 2.24. The Labute approximate surface area is 137 Å². The summed E-state index contributed by atoms with van der Waals surface area (Å²) in [5, 5.41) is 8.03. The molecule has 2 aromatic rings. The Hall–Kier alpha value is -2.36. The van der Waals surface area contributed by atoms with E-state index in [4.69, 9.17) is 0 Å². The molecule has 0 heterocycles. The zero-order chi connectivity index (χ0) is 17.0. The molecule has 0 radical (unpaired) electrons. The van der Waals surface area contributed by atoms with Gasteiger partial charge in [0.25, 0.3) is 0 Å². The molecule has 2 atom stereocenters. The van der Waals surface area contributed by atoms with E-state index in [0.717, 1.165) is 10.9 Å². The second-order valence-electron chi connectivity index (χ2n) is 6.26. The summed E-state index contributed by atoms with van der Waals surface area (Å²) in [6.45, 7) is 7.21. The Balaban J connectivity index is 2.13. The quantitative estimate of drug-likeness (QED) is 0.891. The van der Waals surface area contributed by atoms with Gasteiger partial charge in [-0.1, -0.05) is 50.2 Å². The van der Waals surface area contributed by atoms with Crippen molar-refractivity contribution in [3.05, 3.63) is 48.0 Å². The Morgan fingerprint density at radius 2 is 1.57 bits per heavy atom. The Morgan fingerprint density at radius 1 is 0.913 bits per heavy atom. The first-order chi connectivity index (χ1) is 10.9. The zero-order valence-electron chi connectivity index (χ0n) is 14.1. The third-order valence-electron chi connectivity index (χ3n) is 3.94. The minimum Gasteiger partial charge on any atom is -0.348 e. The van der Waals surface area contributed by atoms with Crippen molar-refractivity contribution >= 4 is 22.6 Å². The van der Waals surface area contributed by atoms with Crippen molar-refractivity contribution in [2.45, 2.75) is 39.8 Å². The third-order valence-corrected chi connectivity index (χ3v) is 3.94. The van der Waals surface area contributed by atoms with Crippen molar-refractivity contribution in [1.29, 1.82) is 0 Å². The van der Waals surface area contributed by atoms with E-state index in [-0.39, 0.29) is 23.8 Å². The minimum absolute atomic E-state index is 0.0303. The maximum Gasteiger partial charge on any atom is 0.243 e. The number of rotatable bonds is 5. The first-order valence-corrected chi connectivity index (χ1v) is 7.94. The smallest absolute Gasteiger partial charge is 0.243 e. The van der Waals surface area contributed by atoms with Crippen molar-refractivity contribution in [2.24, 2.45) is 5.92 Å². The van der Waals surface area contributed by atoms with Crippen molar-refractivity contribution in [2.75, 3.05) is 0 Å². The van der Waals surface area contributed by atoms with E-state index in [1.807, 2.05) is 39.0 Å². The lowest BCUT2D eigenvalue weighted by Crippen LogP contribution is -2.49. The number of fused-ring (bicyclic) bond motifs is 1. The second-order valence-corrected chi connectivity index (χ2v) is 6.26. The van der Waals surface area contributed by atoms with Gasteiger partial charge in [-0.05, 0) is 35.2 Å². The topological polar surface area (TPSA) is 58.2 Å². The molecule has 2 amide bonds. The summed E-state index contributed by atoms with van der Waals surface area (Å²) in [4.78, 5) is 23.7. The molecule has 122 valence electrons. The number of benzene rings is 2. The van der Waals surface area contributed by atoms with Gasteiger partial charge in [-0.15, -0.1) is 0 Å². The molecule has 0 saturated heterocycles. The van der Waals surface area contributed by atoms with Crippen molar-refractivity contribution in [1.82, 2.24) is 10.6 Å². The minimum atomic E-state index is -0.518. The Bertz CT molecular complexity index is 709. The number of nitrogens with one attached hydrogen (secondary N) is 2. The Kier molecular flexibility index (Phi) is 5.37. The predicted molar refractivity (Wildman–Crippen MR) is 92.9 cm³/mol. The highest BCUT2D eigenvalue weighted by molar-refractivity contribution is 5.87. The van der Waals surface area contributed by atoms with E-state index in [1.54, 1.807) is 0 Å². The van der Waals surface area contributed by atoms with Crippen LogP contribution in [0.4, 0.5) is 0 Å². The van der Waals surface area contributed by atoms with Crippen LogP contribution in [0.2, 0.25) is 0 Å². The van der Waals surface area contributed by atoms with E-state index < -0.39 is 6.04 Å². The van der Waals surface area contributed by atoms with Gasteiger partial charge in [0.15, 0.2) is 0 Å². The van der Waals surface area contributed by atoms with E-state index in [1.165, 1.54) is 12.3 Å². The van der Waals surface area contributed by atoms with Crippen LogP contribution in [0.25, 0.3) is 10.8 Å². The normalized spacial score (nSPS) is 13.6. The zero-order valence-corrected chi connectivity index (χ0v) is 14.1. The van der Waals surface area contributed by atoms with Crippen LogP contribution < -0.4 is 10.6 Å². The fraction of sp³-hybridized carbons (Fsp3) is 0.368. The number of hydrogen-bond acceptors (Lipinski definition) is 2. The third kappa shape index (κ3) is 4.31. The van der Waals surface area contributed by atoms with Gasteiger partial charge in [-0.3, -0.25) is 9.59 Å². The molecule has 0 bridgehead atoms. The van der Waals surface area contributed by atoms with Gasteiger partial charge >= 0.3 is 0 Å². The van der Waals surface area contributed by atoms with Crippen LogP contribution in [0.1, 0.15) is 39.3 Å². The fourth-order valence-corrected chi connectivity index (χ4v) is 2.62. The molecule has 2 rings (SSSR count). The van der Waals surface area contributed by atoms with Crippen LogP contribution in [-0.4, -0.2) is 17.9 Å². The molecule has 0 spiro atoms. The first kappa shape index (κ1) is 17.0. The summed E-state index contributed by atoms with van der Waals surface area (Å²) in [7, 11) is 0. The molecular formula is C19H24N2O2. The maximum absolute atomic E-state index is 12.4. The predicted octanol–water partition coefficient (Wildman–Crippen LogP) is 3.18. The van der Waals surface area contributed by atoms with Crippen LogP contribution >= 0.6 is 0 Å². The number of carbonyl (C=O) groups is 2. The van der Waals surface area contributed by atoms with Gasteiger partial charge in [0.05, 0.1) is 6.04 Å². The first-order valence-electron chi connectivity index (χ1n) is 7.94. The van der Waals surface area contributed by atoms with Crippen molar-refractivity contribution < 1.29 is 9.59 Å². The molecule has 2 N–H and O–H groups in total. The largest absolute Gasteiger partial charge is 0.348 e. The van der Waals surface area contributed by atoms with Crippen LogP contribution in [-0.2, 0) is 9.59 Å². The summed E-state index contributed by atoms with van der Waals surface area (Å²) in [5.41, 5.74) is 1.04. The van der Waals surface area contributed by atoms with Crippen LogP contribution in [0.3, 0.4) is 0 Å². The van der Waals surface area contributed by atoms with Crippen LogP contribution in [0.5, 0.6) is 0 Å². The van der Waals surface area contributed by atoms with Gasteiger partial charge in [-0.25, -0.2) is 0 Å². The van der Waals surface area contributed by atoms with Crippen LogP contribution in [0, 0.1) is 5.92 Å². The summed E-state index contributed by atoms with van der Waals surface area (Å²) in [5.74, 6) is -0.323. The Morgan fingerprint density at radius 3 is 2.17 bits per heavy atom. The van der Waals surface area contributed by atoms with Gasteiger partial charge in [-0.2, -0.15) is 0 Å². The fourth-order valence-electron chi connectivity index (χ4n) is 2.62. The molecule has 2 unspecified atom stereocenters. The van der Waals surface area contributed by atoms with Gasteiger partial charge < -0.3 is 10.6 Å². The lowest BCUT2D eigenvalue weighted by molar-refractivity contribution is -0.129. The highest BCUT2D eigenvalue weighted by atomic mass is 16.2. The molecule has 0 aliphatic rings. The van der Waals surface area contributed by atoms with Gasteiger partial charge in [0.1, 0.15) is 6.04 Å². The van der Waals surface area contributed by atoms with Gasteiger partial charge in [0.2, 0.25) is 11.8 Å². The molecule has 0 saturated carbocycles. The number of amides is 2. The van der Waals surface area contributed by atoms with Crippen molar-refractivity contribution in [3.63, 3.8) is 0 Å². The molecule has 2 aromatic carbocycles. The molecule has 4 nitrogen and oxygen atoms in total. The summed E-state index contributed by atoms with van der Waals surface area (Å²) in [6, 6.07) is 13.7. The second kappa shape index (κ2) is 7.27. The number of carbonyl (C=O) groups excluding carboxylic acids is 2. The molecular weight excluding hydrogens is 288 g/mol. The molecule has 4 heteroatoms. The standard InChI is InChI=1S/C19H24N2O2/c1-12(2)18(21-14(4)22)19(23)20-13(3)16-10-9-15-7-5-6-8-17(15)11-16/h5-13,18H,1-4H3,(H,20,23)(H,21,22). The molecule has 23 heavy (non-hydrogen) atoms. The summed E-state index contributed by atoms with van der Waals surface area (Å²) < 4.78 is 0.